The van der Waals surface area contributed by atoms with E-state index in [9.17, 15) is 13.2 Å². The molecule has 158 valence electrons. The molecule has 0 saturated carbocycles. The van der Waals surface area contributed by atoms with Crippen LogP contribution in [0.2, 0.25) is 5.02 Å². The number of rotatable bonds is 9. The first-order chi connectivity index (χ1) is 13.6. The number of ether oxygens (including phenoxy) is 1. The average molecular weight is 439 g/mol. The quantitative estimate of drug-likeness (QED) is 0.607. The van der Waals surface area contributed by atoms with E-state index in [1.54, 1.807) is 19.1 Å². The molecule has 0 aliphatic heterocycles. The van der Waals surface area contributed by atoms with Crippen LogP contribution in [0.1, 0.15) is 24.5 Å². The zero-order valence-electron chi connectivity index (χ0n) is 17.1. The van der Waals surface area contributed by atoms with Crippen molar-refractivity contribution in [2.45, 2.75) is 32.7 Å². The van der Waals surface area contributed by atoms with Gasteiger partial charge in [0, 0.05) is 6.54 Å². The molecule has 0 spiro atoms. The van der Waals surface area contributed by atoms with Crippen LogP contribution in [0.4, 0.5) is 5.69 Å². The number of nitrogens with one attached hydrogen (secondary N) is 1. The third kappa shape index (κ3) is 6.37. The number of anilines is 1. The number of methoxy groups -OCH3 is 1. The van der Waals surface area contributed by atoms with Gasteiger partial charge in [-0.3, -0.25) is 9.10 Å². The Balaban J connectivity index is 2.04. The van der Waals surface area contributed by atoms with Gasteiger partial charge in [-0.1, -0.05) is 41.4 Å². The summed E-state index contributed by atoms with van der Waals surface area (Å²) in [6, 6.07) is 11.9. The van der Waals surface area contributed by atoms with E-state index in [1.807, 2.05) is 19.1 Å². The summed E-state index contributed by atoms with van der Waals surface area (Å²) in [5.41, 5.74) is 2.71. The van der Waals surface area contributed by atoms with Gasteiger partial charge in [-0.05, 0) is 50.5 Å². The maximum atomic E-state index is 12.6. The molecule has 0 aliphatic carbocycles. The fraction of sp³-hybridized carbons (Fsp3) is 0.381. The number of hydrogen-bond acceptors (Lipinski definition) is 4. The molecule has 0 aliphatic rings. The average Bonchev–Trinajstić information content (AvgIpc) is 2.64. The van der Waals surface area contributed by atoms with Crippen molar-refractivity contribution in [3.05, 3.63) is 58.6 Å². The Morgan fingerprint density at radius 1 is 1.24 bits per heavy atom. The van der Waals surface area contributed by atoms with Crippen molar-refractivity contribution in [3.63, 3.8) is 0 Å². The Morgan fingerprint density at radius 2 is 1.97 bits per heavy atom. The molecule has 29 heavy (non-hydrogen) atoms. The first kappa shape index (κ1) is 23.0. The van der Waals surface area contributed by atoms with Crippen LogP contribution in [-0.2, 0) is 21.2 Å². The molecule has 1 unspecified atom stereocenters. The largest absolute Gasteiger partial charge is 0.495 e. The lowest BCUT2D eigenvalue weighted by Crippen LogP contribution is -2.48. The van der Waals surface area contributed by atoms with Gasteiger partial charge < -0.3 is 10.1 Å². The van der Waals surface area contributed by atoms with Gasteiger partial charge in [0.15, 0.2) is 0 Å². The topological polar surface area (TPSA) is 75.7 Å². The molecule has 0 fully saturated rings. The minimum atomic E-state index is -3.70. The van der Waals surface area contributed by atoms with Crippen LogP contribution in [0.5, 0.6) is 5.75 Å². The van der Waals surface area contributed by atoms with Gasteiger partial charge in [-0.2, -0.15) is 0 Å². The zero-order chi connectivity index (χ0) is 21.6. The summed E-state index contributed by atoms with van der Waals surface area (Å²) in [7, 11) is -2.23. The number of sulfonamides is 1. The highest BCUT2D eigenvalue weighted by atomic mass is 35.5. The van der Waals surface area contributed by atoms with Gasteiger partial charge >= 0.3 is 0 Å². The normalized spacial score (nSPS) is 12.3. The number of nitrogens with zero attached hydrogens (tertiary/aromatic N) is 1. The maximum absolute atomic E-state index is 12.6. The van der Waals surface area contributed by atoms with Gasteiger partial charge in [0.1, 0.15) is 11.8 Å². The SMILES string of the molecule is COc1ccc(N(C(C)C(=O)NCCCc2cccc(C)c2)S(C)(=O)=O)cc1Cl. The highest BCUT2D eigenvalue weighted by Gasteiger charge is 2.29. The lowest BCUT2D eigenvalue weighted by molar-refractivity contribution is -0.121. The number of carbonyl (C=O) groups is 1. The minimum Gasteiger partial charge on any atom is -0.495 e. The number of carbonyl (C=O) groups excluding carboxylic acids is 1. The predicted octanol–water partition coefficient (Wildman–Crippen LogP) is 3.56. The molecular formula is C21H27ClN2O4S. The van der Waals surface area contributed by atoms with E-state index in [-0.39, 0.29) is 10.9 Å². The second-order valence-electron chi connectivity index (χ2n) is 6.94. The van der Waals surface area contributed by atoms with E-state index >= 15 is 0 Å². The van der Waals surface area contributed by atoms with Crippen LogP contribution in [-0.4, -0.2) is 40.3 Å². The first-order valence-electron chi connectivity index (χ1n) is 9.29. The van der Waals surface area contributed by atoms with Crippen LogP contribution in [0, 0.1) is 6.92 Å². The van der Waals surface area contributed by atoms with E-state index in [0.717, 1.165) is 23.4 Å². The van der Waals surface area contributed by atoms with Crippen molar-refractivity contribution < 1.29 is 17.9 Å². The minimum absolute atomic E-state index is 0.268. The monoisotopic (exact) mass is 438 g/mol. The van der Waals surface area contributed by atoms with Crippen LogP contribution in [0.3, 0.4) is 0 Å². The molecule has 2 rings (SSSR count). The van der Waals surface area contributed by atoms with Crippen molar-refractivity contribution in [2.75, 3.05) is 24.2 Å². The fourth-order valence-corrected chi connectivity index (χ4v) is 4.54. The fourth-order valence-electron chi connectivity index (χ4n) is 3.12. The molecule has 6 nitrogen and oxygen atoms in total. The van der Waals surface area contributed by atoms with Crippen molar-refractivity contribution in [2.24, 2.45) is 0 Å². The summed E-state index contributed by atoms with van der Waals surface area (Å²) in [6.45, 7) is 4.05. The van der Waals surface area contributed by atoms with E-state index in [1.165, 1.54) is 24.3 Å². The van der Waals surface area contributed by atoms with Gasteiger partial charge in [-0.15, -0.1) is 0 Å². The highest BCUT2D eigenvalue weighted by Crippen LogP contribution is 2.31. The van der Waals surface area contributed by atoms with E-state index in [0.29, 0.717) is 18.0 Å². The van der Waals surface area contributed by atoms with Crippen LogP contribution < -0.4 is 14.4 Å². The highest BCUT2D eigenvalue weighted by molar-refractivity contribution is 7.92. The number of aryl methyl sites for hydroxylation is 2. The van der Waals surface area contributed by atoms with E-state index < -0.39 is 16.1 Å². The van der Waals surface area contributed by atoms with E-state index in [4.69, 9.17) is 16.3 Å². The Kier molecular flexibility index (Phi) is 7.93. The number of benzene rings is 2. The summed E-state index contributed by atoms with van der Waals surface area (Å²) in [6.07, 6.45) is 2.65. The van der Waals surface area contributed by atoms with Crippen LogP contribution in [0.15, 0.2) is 42.5 Å². The van der Waals surface area contributed by atoms with Crippen molar-refractivity contribution in [1.29, 1.82) is 0 Å². The second-order valence-corrected chi connectivity index (χ2v) is 9.20. The van der Waals surface area contributed by atoms with Crippen LogP contribution >= 0.6 is 11.6 Å². The third-order valence-corrected chi connectivity index (χ3v) is 6.04. The summed E-state index contributed by atoms with van der Waals surface area (Å²) in [5.74, 6) is 0.0590. The molecule has 0 bridgehead atoms. The van der Waals surface area contributed by atoms with Gasteiger partial charge in [-0.25, -0.2) is 8.42 Å². The van der Waals surface area contributed by atoms with Gasteiger partial charge in [0.2, 0.25) is 15.9 Å². The Hall–Kier alpha value is -2.25. The molecule has 1 atom stereocenters. The predicted molar refractivity (Wildman–Crippen MR) is 117 cm³/mol. The summed E-state index contributed by atoms with van der Waals surface area (Å²) >= 11 is 6.13. The van der Waals surface area contributed by atoms with Crippen LogP contribution in [0.25, 0.3) is 0 Å². The standard InChI is InChI=1S/C21H27ClN2O4S/c1-15-7-5-8-17(13-15)9-6-12-23-21(25)16(2)24(29(4,26)27)18-10-11-20(28-3)19(22)14-18/h5,7-8,10-11,13-14,16H,6,9,12H2,1-4H3,(H,23,25). The Bertz CT molecular complexity index is 963. The summed E-state index contributed by atoms with van der Waals surface area (Å²) < 4.78 is 30.9. The first-order valence-corrected chi connectivity index (χ1v) is 11.5. The Labute approximate surface area is 177 Å². The maximum Gasteiger partial charge on any atom is 0.243 e. The van der Waals surface area contributed by atoms with Gasteiger partial charge in [0.25, 0.3) is 0 Å². The van der Waals surface area contributed by atoms with Crippen molar-refractivity contribution >= 4 is 33.2 Å². The molecule has 1 amide bonds. The molecule has 1 N–H and O–H groups in total. The molecular weight excluding hydrogens is 412 g/mol. The molecule has 2 aromatic rings. The number of amides is 1. The second kappa shape index (κ2) is 9.98. The molecule has 0 saturated heterocycles. The summed E-state index contributed by atoms with van der Waals surface area (Å²) in [5, 5.41) is 3.09. The van der Waals surface area contributed by atoms with Gasteiger partial charge in [0.05, 0.1) is 24.1 Å². The van der Waals surface area contributed by atoms with Crippen molar-refractivity contribution in [1.82, 2.24) is 5.32 Å². The third-order valence-electron chi connectivity index (χ3n) is 4.50. The number of halogens is 1. The molecule has 0 aromatic heterocycles. The summed E-state index contributed by atoms with van der Waals surface area (Å²) in [4.78, 5) is 12.6. The molecule has 8 heteroatoms. The Morgan fingerprint density at radius 3 is 2.55 bits per heavy atom. The smallest absolute Gasteiger partial charge is 0.243 e. The zero-order valence-corrected chi connectivity index (χ0v) is 18.7. The molecule has 0 heterocycles. The van der Waals surface area contributed by atoms with E-state index in [2.05, 4.69) is 17.4 Å². The van der Waals surface area contributed by atoms with Crippen molar-refractivity contribution in [3.8, 4) is 5.75 Å². The lowest BCUT2D eigenvalue weighted by Gasteiger charge is -2.28. The molecule has 0 radical (unpaired) electrons. The molecule has 2 aromatic carbocycles. The lowest BCUT2D eigenvalue weighted by atomic mass is 10.1. The number of hydrogen-bond donors (Lipinski definition) is 1.